The first-order valence-electron chi connectivity index (χ1n) is 6.01. The number of hydrogen-bond acceptors (Lipinski definition) is 5. The van der Waals surface area contributed by atoms with Gasteiger partial charge in [0.15, 0.2) is 0 Å². The Hall–Kier alpha value is -1.10. The molecule has 1 unspecified atom stereocenters. The van der Waals surface area contributed by atoms with Crippen LogP contribution in [0, 0.1) is 0 Å². The highest BCUT2D eigenvalue weighted by Crippen LogP contribution is 2.23. The molecule has 1 atom stereocenters. The van der Waals surface area contributed by atoms with E-state index in [1.165, 1.54) is 19.3 Å². The fourth-order valence-corrected chi connectivity index (χ4v) is 1.82. The van der Waals surface area contributed by atoms with Crippen molar-refractivity contribution in [2.45, 2.75) is 45.1 Å². The average Bonchev–Trinajstić information content (AvgIpc) is 2.80. The molecule has 2 rings (SSSR count). The number of nitrogens with two attached hydrogens (primary N) is 1. The Balaban J connectivity index is 2.12. The molecule has 90 valence electrons. The van der Waals surface area contributed by atoms with E-state index in [0.29, 0.717) is 11.8 Å². The van der Waals surface area contributed by atoms with Gasteiger partial charge in [-0.25, -0.2) is 0 Å². The molecular weight excluding hydrogens is 204 g/mol. The zero-order valence-electron chi connectivity index (χ0n) is 10.1. The fourth-order valence-electron chi connectivity index (χ4n) is 1.82. The van der Waals surface area contributed by atoms with Gasteiger partial charge in [0.05, 0.1) is 5.54 Å². The Morgan fingerprint density at radius 1 is 1.38 bits per heavy atom. The summed E-state index contributed by atoms with van der Waals surface area (Å²) in [5.74, 6) is 1.23. The molecule has 0 aromatic carbocycles. The van der Waals surface area contributed by atoms with E-state index in [4.69, 9.17) is 10.3 Å². The Kier molecular flexibility index (Phi) is 3.14. The monoisotopic (exact) mass is 224 g/mol. The molecule has 5 nitrogen and oxygen atoms in total. The van der Waals surface area contributed by atoms with E-state index < -0.39 is 5.54 Å². The minimum absolute atomic E-state index is 0.513. The van der Waals surface area contributed by atoms with Crippen molar-refractivity contribution in [3.05, 3.63) is 5.89 Å². The molecule has 5 heteroatoms. The molecule has 1 saturated heterocycles. The minimum Gasteiger partial charge on any atom is -0.338 e. The van der Waals surface area contributed by atoms with Gasteiger partial charge in [-0.1, -0.05) is 6.92 Å². The van der Waals surface area contributed by atoms with Crippen molar-refractivity contribution in [3.8, 4) is 0 Å². The van der Waals surface area contributed by atoms with Gasteiger partial charge in [-0.05, 0) is 37.8 Å². The molecule has 0 radical (unpaired) electrons. The van der Waals surface area contributed by atoms with Crippen molar-refractivity contribution in [1.29, 1.82) is 0 Å². The van der Waals surface area contributed by atoms with Crippen molar-refractivity contribution in [3.63, 3.8) is 0 Å². The van der Waals surface area contributed by atoms with E-state index in [0.717, 1.165) is 19.5 Å². The highest BCUT2D eigenvalue weighted by atomic mass is 16.5. The lowest BCUT2D eigenvalue weighted by Gasteiger charge is -2.24. The molecule has 0 saturated carbocycles. The molecule has 1 aliphatic rings. The Labute approximate surface area is 96.0 Å². The van der Waals surface area contributed by atoms with Crippen LogP contribution in [0.25, 0.3) is 0 Å². The standard InChI is InChI=1S/C11H20N4O/c1-3-11(2,12)9-13-10(14-16-9)15-7-5-4-6-8-15/h3-8,12H2,1-2H3. The summed E-state index contributed by atoms with van der Waals surface area (Å²) >= 11 is 0. The first kappa shape index (κ1) is 11.4. The van der Waals surface area contributed by atoms with Crippen LogP contribution in [0.2, 0.25) is 0 Å². The zero-order valence-corrected chi connectivity index (χ0v) is 10.1. The van der Waals surface area contributed by atoms with E-state index in [2.05, 4.69) is 15.0 Å². The lowest BCUT2D eigenvalue weighted by atomic mass is 10.0. The van der Waals surface area contributed by atoms with E-state index >= 15 is 0 Å². The second kappa shape index (κ2) is 4.41. The molecule has 1 aliphatic heterocycles. The van der Waals surface area contributed by atoms with E-state index in [1.807, 2.05) is 13.8 Å². The maximum atomic E-state index is 6.07. The Morgan fingerprint density at radius 2 is 2.06 bits per heavy atom. The van der Waals surface area contributed by atoms with Crippen molar-refractivity contribution in [1.82, 2.24) is 10.1 Å². The molecule has 1 aromatic rings. The van der Waals surface area contributed by atoms with Crippen LogP contribution < -0.4 is 10.6 Å². The summed E-state index contributed by atoms with van der Waals surface area (Å²) < 4.78 is 5.25. The van der Waals surface area contributed by atoms with Gasteiger partial charge in [-0.3, -0.25) is 0 Å². The predicted octanol–water partition coefficient (Wildman–Crippen LogP) is 1.64. The largest absolute Gasteiger partial charge is 0.338 e. The highest BCUT2D eigenvalue weighted by Gasteiger charge is 2.27. The summed E-state index contributed by atoms with van der Waals surface area (Å²) in [5, 5.41) is 4.01. The van der Waals surface area contributed by atoms with Crippen molar-refractivity contribution < 1.29 is 4.52 Å². The van der Waals surface area contributed by atoms with Gasteiger partial charge in [0.1, 0.15) is 0 Å². The van der Waals surface area contributed by atoms with Crippen LogP contribution in [0.5, 0.6) is 0 Å². The van der Waals surface area contributed by atoms with Crippen LogP contribution in [0.1, 0.15) is 45.4 Å². The number of nitrogens with zero attached hydrogens (tertiary/aromatic N) is 3. The molecular formula is C11H20N4O. The quantitative estimate of drug-likeness (QED) is 0.845. The van der Waals surface area contributed by atoms with Crippen LogP contribution >= 0.6 is 0 Å². The van der Waals surface area contributed by atoms with E-state index in [9.17, 15) is 0 Å². The van der Waals surface area contributed by atoms with Crippen molar-refractivity contribution in [2.24, 2.45) is 5.73 Å². The zero-order chi connectivity index (χ0) is 11.6. The van der Waals surface area contributed by atoms with Gasteiger partial charge < -0.3 is 15.2 Å². The molecule has 0 aliphatic carbocycles. The second-order valence-electron chi connectivity index (χ2n) is 4.72. The van der Waals surface area contributed by atoms with Crippen LogP contribution in [-0.4, -0.2) is 23.2 Å². The van der Waals surface area contributed by atoms with Crippen LogP contribution in [0.4, 0.5) is 5.95 Å². The third-order valence-corrected chi connectivity index (χ3v) is 3.28. The summed E-state index contributed by atoms with van der Waals surface area (Å²) in [6, 6.07) is 0. The van der Waals surface area contributed by atoms with Crippen molar-refractivity contribution >= 4 is 5.95 Å². The van der Waals surface area contributed by atoms with Crippen LogP contribution in [0.15, 0.2) is 4.52 Å². The Morgan fingerprint density at radius 3 is 2.69 bits per heavy atom. The van der Waals surface area contributed by atoms with Crippen molar-refractivity contribution in [2.75, 3.05) is 18.0 Å². The van der Waals surface area contributed by atoms with E-state index in [-0.39, 0.29) is 0 Å². The maximum absolute atomic E-state index is 6.07. The average molecular weight is 224 g/mol. The maximum Gasteiger partial charge on any atom is 0.266 e. The fraction of sp³-hybridized carbons (Fsp3) is 0.818. The minimum atomic E-state index is -0.513. The predicted molar refractivity (Wildman–Crippen MR) is 62.2 cm³/mol. The molecule has 0 spiro atoms. The van der Waals surface area contributed by atoms with Crippen LogP contribution in [-0.2, 0) is 5.54 Å². The van der Waals surface area contributed by atoms with Crippen LogP contribution in [0.3, 0.4) is 0 Å². The van der Waals surface area contributed by atoms with Gasteiger partial charge in [-0.15, -0.1) is 0 Å². The number of piperidine rings is 1. The molecule has 1 fully saturated rings. The molecule has 2 N–H and O–H groups in total. The molecule has 2 heterocycles. The van der Waals surface area contributed by atoms with Gasteiger partial charge in [0.2, 0.25) is 5.89 Å². The molecule has 0 bridgehead atoms. The SMILES string of the molecule is CCC(C)(N)c1nc(N2CCCCC2)no1. The topological polar surface area (TPSA) is 68.2 Å². The third-order valence-electron chi connectivity index (χ3n) is 3.28. The summed E-state index contributed by atoms with van der Waals surface area (Å²) in [6.07, 6.45) is 4.49. The number of anilines is 1. The van der Waals surface area contributed by atoms with Gasteiger partial charge in [0.25, 0.3) is 5.95 Å². The first-order valence-corrected chi connectivity index (χ1v) is 6.01. The second-order valence-corrected chi connectivity index (χ2v) is 4.72. The third kappa shape index (κ3) is 2.19. The highest BCUT2D eigenvalue weighted by molar-refractivity contribution is 5.28. The molecule has 1 aromatic heterocycles. The molecule has 16 heavy (non-hydrogen) atoms. The summed E-state index contributed by atoms with van der Waals surface area (Å²) in [5.41, 5.74) is 5.55. The van der Waals surface area contributed by atoms with E-state index in [1.54, 1.807) is 0 Å². The summed E-state index contributed by atoms with van der Waals surface area (Å²) in [6.45, 7) is 5.98. The smallest absolute Gasteiger partial charge is 0.266 e. The number of rotatable bonds is 3. The number of aromatic nitrogens is 2. The van der Waals surface area contributed by atoms with Gasteiger partial charge >= 0.3 is 0 Å². The normalized spacial score (nSPS) is 20.8. The summed E-state index contributed by atoms with van der Waals surface area (Å²) in [4.78, 5) is 6.57. The number of hydrogen-bond donors (Lipinski definition) is 1. The lowest BCUT2D eigenvalue weighted by Crippen LogP contribution is -2.33. The first-order chi connectivity index (χ1) is 7.63. The Bertz CT molecular complexity index is 342. The molecule has 0 amide bonds. The summed E-state index contributed by atoms with van der Waals surface area (Å²) in [7, 11) is 0. The van der Waals surface area contributed by atoms with Gasteiger partial charge in [-0.2, -0.15) is 4.98 Å². The van der Waals surface area contributed by atoms with Gasteiger partial charge in [0, 0.05) is 13.1 Å². The lowest BCUT2D eigenvalue weighted by molar-refractivity contribution is 0.291.